The lowest BCUT2D eigenvalue weighted by atomic mass is 9.87. The predicted molar refractivity (Wildman–Crippen MR) is 59.3 cm³/mol. The molecule has 14 heavy (non-hydrogen) atoms. The van der Waals surface area contributed by atoms with Gasteiger partial charge in [-0.25, -0.2) is 0 Å². The molecule has 1 heteroatoms. The highest BCUT2D eigenvalue weighted by Crippen LogP contribution is 2.39. The number of fused-ring (bicyclic) bond motifs is 1. The van der Waals surface area contributed by atoms with Gasteiger partial charge in [0.2, 0.25) is 0 Å². The van der Waals surface area contributed by atoms with Gasteiger partial charge in [0, 0.05) is 18.6 Å². The third-order valence-electron chi connectivity index (χ3n) is 4.75. The van der Waals surface area contributed by atoms with Crippen molar-refractivity contribution in [3.63, 3.8) is 0 Å². The molecule has 0 aliphatic carbocycles. The normalized spacial score (nSPS) is 44.1. The first-order valence-corrected chi connectivity index (χ1v) is 6.69. The smallest absolute Gasteiger partial charge is 0.0113 e. The predicted octanol–water partition coefficient (Wildman–Crippen LogP) is 3.19. The molecule has 3 saturated heterocycles. The summed E-state index contributed by atoms with van der Waals surface area (Å²) in [7, 11) is 0. The third kappa shape index (κ3) is 1.60. The van der Waals surface area contributed by atoms with E-state index in [2.05, 4.69) is 4.90 Å². The van der Waals surface area contributed by atoms with Crippen LogP contribution < -0.4 is 0 Å². The van der Waals surface area contributed by atoms with Gasteiger partial charge in [0.1, 0.15) is 0 Å². The molecule has 0 N–H and O–H groups in total. The van der Waals surface area contributed by atoms with Gasteiger partial charge >= 0.3 is 0 Å². The van der Waals surface area contributed by atoms with Gasteiger partial charge in [0.25, 0.3) is 0 Å². The summed E-state index contributed by atoms with van der Waals surface area (Å²) in [5, 5.41) is 0. The van der Waals surface area contributed by atoms with Crippen LogP contribution in [0, 0.1) is 5.92 Å². The monoisotopic (exact) mass is 193 g/mol. The zero-order valence-corrected chi connectivity index (χ0v) is 9.25. The fourth-order valence-corrected chi connectivity index (χ4v) is 3.87. The van der Waals surface area contributed by atoms with Crippen LogP contribution >= 0.6 is 0 Å². The quantitative estimate of drug-likeness (QED) is 0.571. The largest absolute Gasteiger partial charge is 0.297 e. The van der Waals surface area contributed by atoms with Crippen molar-refractivity contribution in [2.24, 2.45) is 5.92 Å². The topological polar surface area (TPSA) is 3.24 Å². The zero-order valence-electron chi connectivity index (χ0n) is 9.25. The highest BCUT2D eigenvalue weighted by molar-refractivity contribution is 4.95. The van der Waals surface area contributed by atoms with Crippen LogP contribution in [0.15, 0.2) is 0 Å². The summed E-state index contributed by atoms with van der Waals surface area (Å²) in [4.78, 5) is 2.86. The average Bonchev–Trinajstić information content (AvgIpc) is 2.24. The molecule has 3 atom stereocenters. The van der Waals surface area contributed by atoms with Crippen molar-refractivity contribution in [1.29, 1.82) is 0 Å². The van der Waals surface area contributed by atoms with Gasteiger partial charge in [0.05, 0.1) is 0 Å². The Morgan fingerprint density at radius 3 is 2.36 bits per heavy atom. The second-order valence-corrected chi connectivity index (χ2v) is 5.68. The van der Waals surface area contributed by atoms with Crippen molar-refractivity contribution in [2.45, 2.75) is 69.9 Å². The van der Waals surface area contributed by atoms with E-state index in [0.717, 1.165) is 18.0 Å². The van der Waals surface area contributed by atoms with E-state index in [1.165, 1.54) is 64.3 Å². The molecular formula is C13H23N. The maximum atomic E-state index is 2.86. The van der Waals surface area contributed by atoms with Gasteiger partial charge in [-0.15, -0.1) is 0 Å². The first kappa shape index (κ1) is 9.21. The fourth-order valence-electron chi connectivity index (χ4n) is 3.87. The van der Waals surface area contributed by atoms with Crippen molar-refractivity contribution in [2.75, 3.05) is 6.54 Å². The standard InChI is InChI=1S/C13H23N/c1-2-5-11-6-4-8-13-9-12(7-3-1)14(13)10-11/h11-13H,1-10H2. The summed E-state index contributed by atoms with van der Waals surface area (Å²) < 4.78 is 0. The number of hydrogen-bond acceptors (Lipinski definition) is 1. The molecule has 3 heterocycles. The molecule has 3 fully saturated rings. The molecule has 80 valence electrons. The van der Waals surface area contributed by atoms with Gasteiger partial charge in [-0.1, -0.05) is 25.7 Å². The van der Waals surface area contributed by atoms with Crippen LogP contribution in [0.2, 0.25) is 0 Å². The molecule has 0 spiro atoms. The summed E-state index contributed by atoms with van der Waals surface area (Å²) in [6.07, 6.45) is 13.6. The van der Waals surface area contributed by atoms with Crippen molar-refractivity contribution in [3.8, 4) is 0 Å². The van der Waals surface area contributed by atoms with Crippen molar-refractivity contribution < 1.29 is 0 Å². The van der Waals surface area contributed by atoms with Gasteiger partial charge in [-0.2, -0.15) is 0 Å². The molecule has 0 aromatic rings. The second-order valence-electron chi connectivity index (χ2n) is 5.68. The molecule has 3 aliphatic rings. The lowest BCUT2D eigenvalue weighted by Crippen LogP contribution is -2.55. The Balaban J connectivity index is 1.72. The van der Waals surface area contributed by atoms with Gasteiger partial charge in [0.15, 0.2) is 0 Å². The molecule has 3 unspecified atom stereocenters. The summed E-state index contributed by atoms with van der Waals surface area (Å²) in [6.45, 7) is 1.45. The third-order valence-corrected chi connectivity index (χ3v) is 4.75. The minimum Gasteiger partial charge on any atom is -0.297 e. The van der Waals surface area contributed by atoms with Crippen molar-refractivity contribution >= 4 is 0 Å². The first-order valence-electron chi connectivity index (χ1n) is 6.69. The summed E-state index contributed by atoms with van der Waals surface area (Å²) in [5.41, 5.74) is 0. The Morgan fingerprint density at radius 1 is 0.714 bits per heavy atom. The molecule has 0 saturated carbocycles. The Hall–Kier alpha value is -0.0400. The van der Waals surface area contributed by atoms with E-state index in [9.17, 15) is 0 Å². The van der Waals surface area contributed by atoms with E-state index >= 15 is 0 Å². The fraction of sp³-hybridized carbons (Fsp3) is 1.00. The summed E-state index contributed by atoms with van der Waals surface area (Å²) >= 11 is 0. The summed E-state index contributed by atoms with van der Waals surface area (Å²) in [5.74, 6) is 1.06. The Labute approximate surface area is 87.9 Å². The molecule has 0 aromatic heterocycles. The van der Waals surface area contributed by atoms with Crippen LogP contribution in [0.1, 0.15) is 57.8 Å². The summed E-state index contributed by atoms with van der Waals surface area (Å²) in [6, 6.07) is 2.00. The van der Waals surface area contributed by atoms with Gasteiger partial charge in [-0.05, 0) is 38.0 Å². The Bertz CT molecular complexity index is 199. The zero-order chi connectivity index (χ0) is 9.38. The molecule has 0 amide bonds. The highest BCUT2D eigenvalue weighted by atomic mass is 15.2. The van der Waals surface area contributed by atoms with E-state index in [1.807, 2.05) is 0 Å². The lowest BCUT2D eigenvalue weighted by Gasteiger charge is -2.49. The van der Waals surface area contributed by atoms with E-state index < -0.39 is 0 Å². The maximum Gasteiger partial charge on any atom is 0.0113 e. The van der Waals surface area contributed by atoms with E-state index in [1.54, 1.807) is 0 Å². The Kier molecular flexibility index (Phi) is 2.53. The molecule has 3 rings (SSSR count). The maximum absolute atomic E-state index is 2.86. The minimum atomic E-state index is 0.999. The van der Waals surface area contributed by atoms with Crippen molar-refractivity contribution in [3.05, 3.63) is 0 Å². The molecule has 1 nitrogen and oxygen atoms in total. The number of nitrogens with zero attached hydrogens (tertiary/aromatic N) is 1. The van der Waals surface area contributed by atoms with Crippen LogP contribution in [0.5, 0.6) is 0 Å². The Morgan fingerprint density at radius 2 is 1.43 bits per heavy atom. The SMILES string of the molecule is C1CCC2CCCC3CC(CC1)N3C2. The van der Waals surface area contributed by atoms with Crippen LogP contribution in [0.4, 0.5) is 0 Å². The molecular weight excluding hydrogens is 170 g/mol. The van der Waals surface area contributed by atoms with E-state index in [4.69, 9.17) is 0 Å². The van der Waals surface area contributed by atoms with Crippen molar-refractivity contribution in [1.82, 2.24) is 4.90 Å². The van der Waals surface area contributed by atoms with E-state index in [-0.39, 0.29) is 0 Å². The molecule has 0 radical (unpaired) electrons. The van der Waals surface area contributed by atoms with Gasteiger partial charge < -0.3 is 0 Å². The molecule has 2 bridgehead atoms. The second kappa shape index (κ2) is 3.84. The van der Waals surface area contributed by atoms with Gasteiger partial charge in [-0.3, -0.25) is 4.90 Å². The lowest BCUT2D eigenvalue weighted by molar-refractivity contribution is 0.00458. The molecule has 0 aromatic carbocycles. The average molecular weight is 193 g/mol. The number of rotatable bonds is 0. The van der Waals surface area contributed by atoms with Crippen LogP contribution in [0.25, 0.3) is 0 Å². The van der Waals surface area contributed by atoms with Crippen LogP contribution in [0.3, 0.4) is 0 Å². The molecule has 3 aliphatic heterocycles. The first-order chi connectivity index (χ1) is 6.93. The minimum absolute atomic E-state index is 0.999. The number of hydrogen-bond donors (Lipinski definition) is 0. The van der Waals surface area contributed by atoms with Crippen LogP contribution in [-0.2, 0) is 0 Å². The van der Waals surface area contributed by atoms with E-state index in [0.29, 0.717) is 0 Å². The van der Waals surface area contributed by atoms with Crippen LogP contribution in [-0.4, -0.2) is 23.5 Å². The highest BCUT2D eigenvalue weighted by Gasteiger charge is 2.40.